The Morgan fingerprint density at radius 2 is 0.607 bits per heavy atom. The van der Waals surface area contributed by atoms with Crippen molar-refractivity contribution in [1.82, 2.24) is 0 Å². The number of hydrogen-bond donors (Lipinski definition) is 0. The maximum atomic E-state index is 12.9. The van der Waals surface area contributed by atoms with Crippen LogP contribution in [0.5, 0.6) is 0 Å². The quantitative estimate of drug-likeness (QED) is 0.0195. The van der Waals surface area contributed by atoms with Gasteiger partial charge in [-0.1, -0.05) is 308 Å². The molecule has 0 aliphatic carbocycles. The molecule has 2 unspecified atom stereocenters. The first kappa shape index (κ1) is 84.4. The Hall–Kier alpha value is -4.57. The van der Waals surface area contributed by atoms with Crippen LogP contribution in [-0.2, 0) is 33.3 Å². The number of carbonyl (C=O) groups is 3. The monoisotopic (exact) mass is 1240 g/mol. The lowest BCUT2D eigenvalue weighted by atomic mass is 10.0. The summed E-state index contributed by atoms with van der Waals surface area (Å²) in [5, 5.41) is 11.8. The summed E-state index contributed by atoms with van der Waals surface area (Å²) < 4.78 is 22.8. The number of unbranched alkanes of at least 4 members (excludes halogenated alkanes) is 29. The lowest BCUT2D eigenvalue weighted by Crippen LogP contribution is -2.44. The largest absolute Gasteiger partial charge is 0.545 e. The number of carboxylic acid groups (broad SMARTS) is 1. The average molecular weight is 1240 g/mol. The van der Waals surface area contributed by atoms with E-state index in [1.54, 1.807) is 0 Å². The van der Waals surface area contributed by atoms with Crippen LogP contribution < -0.4 is 5.11 Å². The summed E-state index contributed by atoms with van der Waals surface area (Å²) in [4.78, 5) is 37.5. The van der Waals surface area contributed by atoms with Gasteiger partial charge in [0.15, 0.2) is 12.4 Å². The molecule has 0 N–H and O–H groups in total. The van der Waals surface area contributed by atoms with E-state index in [0.717, 1.165) is 122 Å². The number of allylic oxidation sites excluding steroid dienone is 22. The van der Waals surface area contributed by atoms with Crippen LogP contribution in [0.1, 0.15) is 296 Å². The first-order chi connectivity index (χ1) is 43.6. The van der Waals surface area contributed by atoms with Gasteiger partial charge in [0.1, 0.15) is 13.2 Å². The number of rotatable bonds is 66. The van der Waals surface area contributed by atoms with Crippen molar-refractivity contribution in [1.29, 1.82) is 0 Å². The van der Waals surface area contributed by atoms with Crippen molar-refractivity contribution in [2.24, 2.45) is 0 Å². The molecular formula is C80H135NO8. The molecule has 0 amide bonds. The molecule has 0 aromatic carbocycles. The fourth-order valence-corrected chi connectivity index (χ4v) is 9.92. The fraction of sp³-hybridized carbons (Fsp3) is 0.688. The molecule has 0 heterocycles. The van der Waals surface area contributed by atoms with Crippen molar-refractivity contribution < 1.29 is 42.9 Å². The molecule has 0 aromatic heterocycles. The molecule has 89 heavy (non-hydrogen) atoms. The summed E-state index contributed by atoms with van der Waals surface area (Å²) in [6, 6.07) is 0. The maximum absolute atomic E-state index is 12.9. The van der Waals surface area contributed by atoms with Gasteiger partial charge in [0, 0.05) is 12.8 Å². The van der Waals surface area contributed by atoms with Crippen LogP contribution in [0.25, 0.3) is 0 Å². The van der Waals surface area contributed by atoms with Gasteiger partial charge in [-0.05, 0) is 109 Å². The van der Waals surface area contributed by atoms with Crippen molar-refractivity contribution in [3.63, 3.8) is 0 Å². The second-order valence-electron chi connectivity index (χ2n) is 25.1. The highest BCUT2D eigenvalue weighted by molar-refractivity contribution is 5.70. The minimum Gasteiger partial charge on any atom is -0.545 e. The van der Waals surface area contributed by atoms with Crippen LogP contribution in [0.4, 0.5) is 0 Å². The zero-order valence-corrected chi connectivity index (χ0v) is 58.0. The van der Waals surface area contributed by atoms with E-state index in [2.05, 4.69) is 148 Å². The normalized spacial score (nSPS) is 13.5. The minimum atomic E-state index is -1.63. The lowest BCUT2D eigenvalue weighted by Gasteiger charge is -2.26. The number of quaternary nitrogens is 1. The Balaban J connectivity index is 4.09. The van der Waals surface area contributed by atoms with Crippen LogP contribution in [0.15, 0.2) is 134 Å². The molecule has 508 valence electrons. The number of nitrogens with zero attached hydrogens (tertiary/aromatic N) is 1. The standard InChI is InChI=1S/C80H135NO8/c1-6-8-10-12-14-16-18-20-22-24-26-28-30-32-34-35-36-37-38-39-40-41-42-43-45-46-48-50-52-54-56-58-60-62-64-66-68-70-77(82)87-74-76(75-88-80(79(84)85)86-73-72-81(3,4)5)89-78(83)71-69-67-65-63-61-59-57-55-53-51-49-47-44-33-31-29-27-25-23-21-19-17-15-13-11-9-7-2/h8-11,14-17,20-23,26-29,33,44,49,51,55,57,76,80H,6-7,12-13,18-19,24-25,30-32,34-43,45-48,50,52-54,56,58-75H2,1-5H3/b10-8-,11-9-,16-14-,17-15-,22-20-,23-21-,28-26-,29-27-,44-33-,51-49-,57-55-. The van der Waals surface area contributed by atoms with Gasteiger partial charge >= 0.3 is 11.9 Å². The van der Waals surface area contributed by atoms with Gasteiger partial charge < -0.3 is 33.3 Å². The summed E-state index contributed by atoms with van der Waals surface area (Å²) in [6.45, 7) is 4.51. The first-order valence-electron chi connectivity index (χ1n) is 36.3. The molecule has 9 nitrogen and oxygen atoms in total. The topological polar surface area (TPSA) is 111 Å². The van der Waals surface area contributed by atoms with Crippen molar-refractivity contribution in [2.75, 3.05) is 47.5 Å². The van der Waals surface area contributed by atoms with Crippen LogP contribution in [0, 0.1) is 0 Å². The molecule has 0 aromatic rings. The Labute approximate surface area is 548 Å². The molecule has 0 fully saturated rings. The highest BCUT2D eigenvalue weighted by Gasteiger charge is 2.22. The Bertz CT molecular complexity index is 1930. The zero-order chi connectivity index (χ0) is 64.7. The van der Waals surface area contributed by atoms with Crippen LogP contribution >= 0.6 is 0 Å². The zero-order valence-electron chi connectivity index (χ0n) is 58.0. The fourth-order valence-electron chi connectivity index (χ4n) is 9.92. The SMILES string of the molecule is CC/C=C\C/C=C\C/C=C\C/C=C\C/C=C\C/C=C\C/C=C\CCCCCCCC(=O)OC(COC(=O)CCCCCCCCCCCCCCCCCCCCCCCCCC/C=C\C/C=C\C/C=C\C/C=C\CC)COC(OCC[N+](C)(C)C)C(=O)[O-]. The molecule has 0 radical (unpaired) electrons. The molecule has 0 spiro atoms. The molecule has 0 saturated heterocycles. The average Bonchev–Trinajstić information content (AvgIpc) is 3.64. The number of carboxylic acids is 1. The maximum Gasteiger partial charge on any atom is 0.306 e. The van der Waals surface area contributed by atoms with E-state index < -0.39 is 24.3 Å². The molecule has 0 bridgehead atoms. The highest BCUT2D eigenvalue weighted by Crippen LogP contribution is 2.18. The third-order valence-electron chi connectivity index (χ3n) is 15.4. The van der Waals surface area contributed by atoms with Gasteiger partial charge in [0.05, 0.1) is 40.3 Å². The second-order valence-corrected chi connectivity index (χ2v) is 25.1. The molecule has 2 atom stereocenters. The first-order valence-corrected chi connectivity index (χ1v) is 36.3. The molecule has 9 heteroatoms. The van der Waals surface area contributed by atoms with Gasteiger partial charge in [-0.25, -0.2) is 0 Å². The number of aliphatic carboxylic acids is 1. The van der Waals surface area contributed by atoms with Gasteiger partial charge in [-0.15, -0.1) is 0 Å². The Morgan fingerprint density at radius 1 is 0.337 bits per heavy atom. The Kier molecular flexibility index (Phi) is 65.8. The summed E-state index contributed by atoms with van der Waals surface area (Å²) >= 11 is 0. The Morgan fingerprint density at radius 3 is 0.899 bits per heavy atom. The van der Waals surface area contributed by atoms with Crippen molar-refractivity contribution in [2.45, 2.75) is 309 Å². The molecule has 0 rings (SSSR count). The van der Waals surface area contributed by atoms with E-state index in [4.69, 9.17) is 18.9 Å². The number of likely N-dealkylation sites (N-methyl/N-ethyl adjacent to an activating group) is 1. The minimum absolute atomic E-state index is 0.138. The predicted octanol–water partition coefficient (Wildman–Crippen LogP) is 21.6. The lowest BCUT2D eigenvalue weighted by molar-refractivity contribution is -0.870. The molecule has 0 aliphatic rings. The van der Waals surface area contributed by atoms with Crippen molar-refractivity contribution in [3.05, 3.63) is 134 Å². The third kappa shape index (κ3) is 70.7. The predicted molar refractivity (Wildman–Crippen MR) is 379 cm³/mol. The van der Waals surface area contributed by atoms with E-state index in [-0.39, 0.29) is 38.6 Å². The van der Waals surface area contributed by atoms with E-state index in [0.29, 0.717) is 17.4 Å². The summed E-state index contributed by atoms with van der Waals surface area (Å²) in [5.41, 5.74) is 0. The van der Waals surface area contributed by atoms with E-state index in [1.807, 2.05) is 21.1 Å². The van der Waals surface area contributed by atoms with Gasteiger partial charge in [0.2, 0.25) is 0 Å². The summed E-state index contributed by atoms with van der Waals surface area (Å²) in [5.74, 6) is -2.31. The third-order valence-corrected chi connectivity index (χ3v) is 15.4. The van der Waals surface area contributed by atoms with Crippen LogP contribution in [0.3, 0.4) is 0 Å². The summed E-state index contributed by atoms with van der Waals surface area (Å²) in [6.07, 6.45) is 96.9. The smallest absolute Gasteiger partial charge is 0.306 e. The van der Waals surface area contributed by atoms with Gasteiger partial charge in [-0.2, -0.15) is 0 Å². The molecular weight excluding hydrogens is 1100 g/mol. The van der Waals surface area contributed by atoms with Gasteiger partial charge in [-0.3, -0.25) is 9.59 Å². The number of carbonyl (C=O) groups excluding carboxylic acids is 3. The van der Waals surface area contributed by atoms with E-state index >= 15 is 0 Å². The van der Waals surface area contributed by atoms with Crippen LogP contribution in [0.2, 0.25) is 0 Å². The van der Waals surface area contributed by atoms with Crippen LogP contribution in [-0.4, -0.2) is 82.3 Å². The van der Waals surface area contributed by atoms with Crippen molar-refractivity contribution >= 4 is 17.9 Å². The summed E-state index contributed by atoms with van der Waals surface area (Å²) in [7, 11) is 5.92. The molecule has 0 saturated carbocycles. The van der Waals surface area contributed by atoms with Gasteiger partial charge in [0.25, 0.3) is 0 Å². The van der Waals surface area contributed by atoms with E-state index in [9.17, 15) is 19.5 Å². The number of hydrogen-bond acceptors (Lipinski definition) is 8. The molecule has 0 aliphatic heterocycles. The van der Waals surface area contributed by atoms with E-state index in [1.165, 1.54) is 141 Å². The number of esters is 2. The van der Waals surface area contributed by atoms with Crippen molar-refractivity contribution in [3.8, 4) is 0 Å². The number of ether oxygens (including phenoxy) is 4. The second kappa shape index (κ2) is 69.3. The highest BCUT2D eigenvalue weighted by atomic mass is 16.7.